The highest BCUT2D eigenvalue weighted by molar-refractivity contribution is 6.01. The maximum Gasteiger partial charge on any atom is 0.355 e. The van der Waals surface area contributed by atoms with Gasteiger partial charge in [-0.2, -0.15) is 0 Å². The Morgan fingerprint density at radius 1 is 0.897 bits per heavy atom. The van der Waals surface area contributed by atoms with Crippen LogP contribution in [0.3, 0.4) is 0 Å². The molecule has 0 bridgehead atoms. The molecule has 1 N–H and O–H groups in total. The van der Waals surface area contributed by atoms with E-state index in [0.29, 0.717) is 35.6 Å². The van der Waals surface area contributed by atoms with Gasteiger partial charge in [-0.3, -0.25) is 4.79 Å². The quantitative estimate of drug-likeness (QED) is 0.597. The van der Waals surface area contributed by atoms with E-state index in [2.05, 4.69) is 4.98 Å². The third-order valence-electron chi connectivity index (χ3n) is 4.85. The van der Waals surface area contributed by atoms with E-state index in [1.807, 2.05) is 72.5 Å². The first-order chi connectivity index (χ1) is 14.0. The molecule has 3 aromatic rings. The van der Waals surface area contributed by atoms with Crippen molar-refractivity contribution in [3.05, 3.63) is 94.3 Å². The molecule has 0 unspecified atom stereocenters. The van der Waals surface area contributed by atoms with E-state index >= 15 is 0 Å². The number of rotatable bonds is 7. The van der Waals surface area contributed by atoms with Crippen molar-refractivity contribution >= 4 is 11.9 Å². The summed E-state index contributed by atoms with van der Waals surface area (Å²) in [5.41, 5.74) is 4.26. The summed E-state index contributed by atoms with van der Waals surface area (Å²) in [5, 5.41) is 0. The molecule has 0 atom stereocenters. The van der Waals surface area contributed by atoms with Gasteiger partial charge in [0, 0.05) is 18.8 Å². The molecule has 3 rings (SSSR count). The van der Waals surface area contributed by atoms with Crippen LogP contribution in [0.25, 0.3) is 0 Å². The van der Waals surface area contributed by atoms with Gasteiger partial charge >= 0.3 is 5.97 Å². The van der Waals surface area contributed by atoms with Crippen LogP contribution in [-0.4, -0.2) is 28.4 Å². The number of aromatic nitrogens is 1. The molecule has 0 saturated carbocycles. The fourth-order valence-corrected chi connectivity index (χ4v) is 3.44. The molecule has 0 aliphatic carbocycles. The van der Waals surface area contributed by atoms with Crippen LogP contribution in [0.5, 0.6) is 0 Å². The summed E-state index contributed by atoms with van der Waals surface area (Å²) in [6.07, 6.45) is 0. The van der Waals surface area contributed by atoms with Crippen LogP contribution in [0.2, 0.25) is 0 Å². The first kappa shape index (κ1) is 20.4. The average Bonchev–Trinajstić information content (AvgIpc) is 3.03. The molecule has 1 amide bonds. The largest absolute Gasteiger partial charge is 0.461 e. The van der Waals surface area contributed by atoms with Crippen molar-refractivity contribution in [2.75, 3.05) is 6.61 Å². The molecule has 2 aromatic carbocycles. The van der Waals surface area contributed by atoms with E-state index < -0.39 is 5.97 Å². The molecule has 29 heavy (non-hydrogen) atoms. The summed E-state index contributed by atoms with van der Waals surface area (Å²) < 4.78 is 5.11. The summed E-state index contributed by atoms with van der Waals surface area (Å²) in [6.45, 7) is 6.60. The van der Waals surface area contributed by atoms with Crippen molar-refractivity contribution in [2.45, 2.75) is 33.9 Å². The van der Waals surface area contributed by atoms with Crippen LogP contribution in [0.1, 0.15) is 50.2 Å². The molecule has 0 radical (unpaired) electrons. The van der Waals surface area contributed by atoms with Gasteiger partial charge in [0.05, 0.1) is 12.2 Å². The number of nitrogens with one attached hydrogen (secondary N) is 1. The van der Waals surface area contributed by atoms with Crippen molar-refractivity contribution in [2.24, 2.45) is 0 Å². The van der Waals surface area contributed by atoms with Crippen LogP contribution in [0, 0.1) is 13.8 Å². The van der Waals surface area contributed by atoms with E-state index in [4.69, 9.17) is 4.74 Å². The SMILES string of the molecule is CCOC(=O)c1[nH]c(C)c(C(=O)N(Cc2ccccc2)Cc2ccccc2)c1C. The van der Waals surface area contributed by atoms with Crippen LogP contribution < -0.4 is 0 Å². The summed E-state index contributed by atoms with van der Waals surface area (Å²) in [7, 11) is 0. The summed E-state index contributed by atoms with van der Waals surface area (Å²) in [4.78, 5) is 30.6. The second-order valence-corrected chi connectivity index (χ2v) is 6.98. The Bertz CT molecular complexity index is 937. The highest BCUT2D eigenvalue weighted by Gasteiger charge is 2.26. The highest BCUT2D eigenvalue weighted by Crippen LogP contribution is 2.23. The zero-order valence-electron chi connectivity index (χ0n) is 17.1. The number of ether oxygens (including phenoxy) is 1. The second-order valence-electron chi connectivity index (χ2n) is 6.98. The number of amides is 1. The Kier molecular flexibility index (Phi) is 6.50. The molecular formula is C24H26N2O3. The Hall–Kier alpha value is -3.34. The smallest absolute Gasteiger partial charge is 0.355 e. The lowest BCUT2D eigenvalue weighted by Gasteiger charge is -2.23. The summed E-state index contributed by atoms with van der Waals surface area (Å²) in [5.74, 6) is -0.552. The Labute approximate surface area is 171 Å². The van der Waals surface area contributed by atoms with Gasteiger partial charge < -0.3 is 14.6 Å². The highest BCUT2D eigenvalue weighted by atomic mass is 16.5. The predicted molar refractivity (Wildman–Crippen MR) is 113 cm³/mol. The van der Waals surface area contributed by atoms with Crippen molar-refractivity contribution in [3.63, 3.8) is 0 Å². The minimum atomic E-state index is -0.440. The Morgan fingerprint density at radius 2 is 1.41 bits per heavy atom. The molecule has 1 aromatic heterocycles. The first-order valence-corrected chi connectivity index (χ1v) is 9.74. The minimum Gasteiger partial charge on any atom is -0.461 e. The number of H-pyrrole nitrogens is 1. The van der Waals surface area contributed by atoms with Gasteiger partial charge in [0.1, 0.15) is 5.69 Å². The maximum atomic E-state index is 13.5. The predicted octanol–water partition coefficient (Wildman–Crippen LogP) is 4.65. The molecule has 1 heterocycles. The summed E-state index contributed by atoms with van der Waals surface area (Å²) >= 11 is 0. The van der Waals surface area contributed by atoms with Crippen LogP contribution in [-0.2, 0) is 17.8 Å². The van der Waals surface area contributed by atoms with E-state index in [0.717, 1.165) is 11.1 Å². The number of carbonyl (C=O) groups is 2. The standard InChI is InChI=1S/C24H26N2O3/c1-4-29-24(28)22-17(2)21(18(3)25-22)23(27)26(15-19-11-7-5-8-12-19)16-20-13-9-6-10-14-20/h5-14,25H,4,15-16H2,1-3H3. The summed E-state index contributed by atoms with van der Waals surface area (Å²) in [6, 6.07) is 19.8. The van der Waals surface area contributed by atoms with Gasteiger partial charge in [0.2, 0.25) is 0 Å². The molecule has 0 fully saturated rings. The Morgan fingerprint density at radius 3 is 1.90 bits per heavy atom. The molecule has 0 aliphatic heterocycles. The van der Waals surface area contributed by atoms with Gasteiger partial charge in [-0.1, -0.05) is 60.7 Å². The third-order valence-corrected chi connectivity index (χ3v) is 4.85. The van der Waals surface area contributed by atoms with Gasteiger partial charge in [-0.05, 0) is 37.5 Å². The van der Waals surface area contributed by atoms with Crippen molar-refractivity contribution in [1.29, 1.82) is 0 Å². The van der Waals surface area contributed by atoms with E-state index in [-0.39, 0.29) is 12.5 Å². The number of aryl methyl sites for hydroxylation is 1. The van der Waals surface area contributed by atoms with Gasteiger partial charge in [0.15, 0.2) is 0 Å². The van der Waals surface area contributed by atoms with Crippen molar-refractivity contribution < 1.29 is 14.3 Å². The minimum absolute atomic E-state index is 0.112. The van der Waals surface area contributed by atoms with E-state index in [9.17, 15) is 9.59 Å². The fraction of sp³-hybridized carbons (Fsp3) is 0.250. The molecular weight excluding hydrogens is 364 g/mol. The lowest BCUT2D eigenvalue weighted by molar-refractivity contribution is 0.0519. The monoisotopic (exact) mass is 390 g/mol. The number of aromatic amines is 1. The van der Waals surface area contributed by atoms with E-state index in [1.165, 1.54) is 0 Å². The number of nitrogens with zero attached hydrogens (tertiary/aromatic N) is 1. The zero-order chi connectivity index (χ0) is 20.8. The number of hydrogen-bond donors (Lipinski definition) is 1. The topological polar surface area (TPSA) is 62.4 Å². The molecule has 0 saturated heterocycles. The average molecular weight is 390 g/mol. The lowest BCUT2D eigenvalue weighted by atomic mass is 10.1. The normalized spacial score (nSPS) is 10.6. The first-order valence-electron chi connectivity index (χ1n) is 9.74. The lowest BCUT2D eigenvalue weighted by Crippen LogP contribution is -2.31. The van der Waals surface area contributed by atoms with E-state index in [1.54, 1.807) is 13.8 Å². The molecule has 0 aliphatic rings. The van der Waals surface area contributed by atoms with Crippen molar-refractivity contribution in [3.8, 4) is 0 Å². The van der Waals surface area contributed by atoms with Gasteiger partial charge in [-0.25, -0.2) is 4.79 Å². The van der Waals surface area contributed by atoms with Crippen LogP contribution in [0.15, 0.2) is 60.7 Å². The van der Waals surface area contributed by atoms with Crippen LogP contribution >= 0.6 is 0 Å². The molecule has 5 nitrogen and oxygen atoms in total. The number of hydrogen-bond acceptors (Lipinski definition) is 3. The number of benzene rings is 2. The van der Waals surface area contributed by atoms with Gasteiger partial charge in [0.25, 0.3) is 5.91 Å². The second kappa shape index (κ2) is 9.24. The van der Waals surface area contributed by atoms with Gasteiger partial charge in [-0.15, -0.1) is 0 Å². The molecule has 5 heteroatoms. The molecule has 0 spiro atoms. The number of esters is 1. The maximum absolute atomic E-state index is 13.5. The zero-order valence-corrected chi connectivity index (χ0v) is 17.1. The van der Waals surface area contributed by atoms with Crippen LogP contribution in [0.4, 0.5) is 0 Å². The Balaban J connectivity index is 1.95. The third kappa shape index (κ3) is 4.74. The van der Waals surface area contributed by atoms with Crippen molar-refractivity contribution in [1.82, 2.24) is 9.88 Å². The molecule has 150 valence electrons. The fourth-order valence-electron chi connectivity index (χ4n) is 3.44. The number of carbonyl (C=O) groups excluding carboxylic acids is 2.